The standard InChI is InChI=1S/C6H12N4O/c1-2-3-4-10-6(5-11)7-8-9-10/h11H,2-5H2,1H3. The first-order chi connectivity index (χ1) is 5.38. The number of rotatable bonds is 4. The number of aryl methyl sites for hydroxylation is 1. The molecule has 0 atom stereocenters. The summed E-state index contributed by atoms with van der Waals surface area (Å²) in [6.45, 7) is 2.80. The summed E-state index contributed by atoms with van der Waals surface area (Å²) >= 11 is 0. The van der Waals surface area contributed by atoms with Crippen LogP contribution in [-0.4, -0.2) is 25.3 Å². The molecule has 0 fully saturated rings. The summed E-state index contributed by atoms with van der Waals surface area (Å²) in [4.78, 5) is 0. The van der Waals surface area contributed by atoms with E-state index in [4.69, 9.17) is 5.11 Å². The Labute approximate surface area is 65.0 Å². The molecule has 0 spiro atoms. The number of nitrogens with zero attached hydrogens (tertiary/aromatic N) is 4. The molecule has 0 saturated heterocycles. The van der Waals surface area contributed by atoms with Crippen molar-refractivity contribution < 1.29 is 5.11 Å². The van der Waals surface area contributed by atoms with Gasteiger partial charge >= 0.3 is 0 Å². The van der Waals surface area contributed by atoms with Crippen LogP contribution in [0.15, 0.2) is 0 Å². The molecule has 0 unspecified atom stereocenters. The van der Waals surface area contributed by atoms with Crippen LogP contribution >= 0.6 is 0 Å². The number of hydrogen-bond acceptors (Lipinski definition) is 4. The van der Waals surface area contributed by atoms with E-state index in [1.54, 1.807) is 4.68 Å². The van der Waals surface area contributed by atoms with Crippen LogP contribution < -0.4 is 0 Å². The van der Waals surface area contributed by atoms with Crippen molar-refractivity contribution in [1.82, 2.24) is 20.2 Å². The lowest BCUT2D eigenvalue weighted by Crippen LogP contribution is -2.05. The lowest BCUT2D eigenvalue weighted by Gasteiger charge is -1.98. The monoisotopic (exact) mass is 156 g/mol. The zero-order valence-electron chi connectivity index (χ0n) is 6.56. The maximum absolute atomic E-state index is 8.74. The fourth-order valence-corrected chi connectivity index (χ4v) is 0.818. The number of aliphatic hydroxyl groups excluding tert-OH is 1. The summed E-state index contributed by atoms with van der Waals surface area (Å²) in [5.41, 5.74) is 0. The summed E-state index contributed by atoms with van der Waals surface area (Å²) in [6.07, 6.45) is 2.14. The molecule has 0 aliphatic heterocycles. The molecule has 0 aliphatic carbocycles. The topological polar surface area (TPSA) is 63.8 Å². The second kappa shape index (κ2) is 4.02. The van der Waals surface area contributed by atoms with Crippen molar-refractivity contribution in [3.63, 3.8) is 0 Å². The molecular weight excluding hydrogens is 144 g/mol. The van der Waals surface area contributed by atoms with E-state index < -0.39 is 0 Å². The highest BCUT2D eigenvalue weighted by Crippen LogP contribution is 1.95. The quantitative estimate of drug-likeness (QED) is 0.664. The fraction of sp³-hybridized carbons (Fsp3) is 0.833. The molecule has 1 aromatic rings. The van der Waals surface area contributed by atoms with E-state index in [9.17, 15) is 0 Å². The Kier molecular flexibility index (Phi) is 2.97. The minimum absolute atomic E-state index is 0.0866. The molecule has 0 saturated carbocycles. The second-order valence-corrected chi connectivity index (χ2v) is 2.33. The molecular formula is C6H12N4O. The minimum atomic E-state index is -0.0866. The summed E-state index contributed by atoms with van der Waals surface area (Å²) in [5.74, 6) is 0.540. The molecule has 1 rings (SSSR count). The molecule has 5 nitrogen and oxygen atoms in total. The van der Waals surface area contributed by atoms with Crippen molar-refractivity contribution in [2.24, 2.45) is 0 Å². The average Bonchev–Trinajstić information content (AvgIpc) is 2.47. The molecule has 0 aliphatic rings. The molecule has 1 heterocycles. The molecule has 1 aromatic heterocycles. The summed E-state index contributed by atoms with van der Waals surface area (Å²) < 4.78 is 1.63. The Balaban J connectivity index is 2.54. The third-order valence-corrected chi connectivity index (χ3v) is 1.47. The lowest BCUT2D eigenvalue weighted by atomic mass is 10.3. The maximum atomic E-state index is 8.74. The van der Waals surface area contributed by atoms with E-state index in [0.29, 0.717) is 5.82 Å². The fourth-order valence-electron chi connectivity index (χ4n) is 0.818. The van der Waals surface area contributed by atoms with Gasteiger partial charge in [0.1, 0.15) is 6.61 Å². The van der Waals surface area contributed by atoms with E-state index in [0.717, 1.165) is 19.4 Å². The van der Waals surface area contributed by atoms with Crippen LogP contribution in [0.5, 0.6) is 0 Å². The molecule has 11 heavy (non-hydrogen) atoms. The first-order valence-corrected chi connectivity index (χ1v) is 3.74. The Hall–Kier alpha value is -0.970. The number of aliphatic hydroxyl groups is 1. The zero-order chi connectivity index (χ0) is 8.10. The van der Waals surface area contributed by atoms with Gasteiger partial charge in [0.15, 0.2) is 5.82 Å². The highest BCUT2D eigenvalue weighted by atomic mass is 16.3. The predicted octanol–water partition coefficient (Wildman–Crippen LogP) is -0.0345. The average molecular weight is 156 g/mol. The van der Waals surface area contributed by atoms with Gasteiger partial charge in [0.25, 0.3) is 0 Å². The van der Waals surface area contributed by atoms with Gasteiger partial charge in [-0.15, -0.1) is 5.10 Å². The third-order valence-electron chi connectivity index (χ3n) is 1.47. The first-order valence-electron chi connectivity index (χ1n) is 3.74. The van der Waals surface area contributed by atoms with Crippen LogP contribution in [0.1, 0.15) is 25.6 Å². The summed E-state index contributed by atoms with van der Waals surface area (Å²) in [5, 5.41) is 19.6. The Morgan fingerprint density at radius 2 is 2.36 bits per heavy atom. The van der Waals surface area contributed by atoms with Crippen LogP contribution in [-0.2, 0) is 13.2 Å². The van der Waals surface area contributed by atoms with Gasteiger partial charge < -0.3 is 5.11 Å². The van der Waals surface area contributed by atoms with Gasteiger partial charge in [0.05, 0.1) is 0 Å². The van der Waals surface area contributed by atoms with E-state index in [2.05, 4.69) is 22.4 Å². The van der Waals surface area contributed by atoms with E-state index >= 15 is 0 Å². The molecule has 0 radical (unpaired) electrons. The van der Waals surface area contributed by atoms with Gasteiger partial charge in [0.2, 0.25) is 0 Å². The lowest BCUT2D eigenvalue weighted by molar-refractivity contribution is 0.262. The van der Waals surface area contributed by atoms with Crippen molar-refractivity contribution >= 4 is 0 Å². The van der Waals surface area contributed by atoms with Gasteiger partial charge in [0, 0.05) is 6.54 Å². The van der Waals surface area contributed by atoms with E-state index in [1.807, 2.05) is 0 Å². The highest BCUT2D eigenvalue weighted by Gasteiger charge is 2.01. The number of unbranched alkanes of at least 4 members (excludes halogenated alkanes) is 1. The summed E-state index contributed by atoms with van der Waals surface area (Å²) in [7, 11) is 0. The minimum Gasteiger partial charge on any atom is -0.388 e. The highest BCUT2D eigenvalue weighted by molar-refractivity contribution is 4.75. The summed E-state index contributed by atoms with van der Waals surface area (Å²) in [6, 6.07) is 0. The van der Waals surface area contributed by atoms with Crippen molar-refractivity contribution in [3.8, 4) is 0 Å². The number of aromatic nitrogens is 4. The van der Waals surface area contributed by atoms with Crippen molar-refractivity contribution in [2.75, 3.05) is 0 Å². The van der Waals surface area contributed by atoms with Gasteiger partial charge in [-0.25, -0.2) is 4.68 Å². The van der Waals surface area contributed by atoms with Crippen molar-refractivity contribution in [3.05, 3.63) is 5.82 Å². The van der Waals surface area contributed by atoms with Gasteiger partial charge in [-0.05, 0) is 16.8 Å². The second-order valence-electron chi connectivity index (χ2n) is 2.33. The molecule has 0 bridgehead atoms. The van der Waals surface area contributed by atoms with Crippen LogP contribution in [0.2, 0.25) is 0 Å². The van der Waals surface area contributed by atoms with E-state index in [-0.39, 0.29) is 6.61 Å². The smallest absolute Gasteiger partial charge is 0.176 e. The van der Waals surface area contributed by atoms with Crippen molar-refractivity contribution in [1.29, 1.82) is 0 Å². The van der Waals surface area contributed by atoms with Crippen LogP contribution in [0, 0.1) is 0 Å². The molecule has 62 valence electrons. The normalized spacial score (nSPS) is 10.4. The maximum Gasteiger partial charge on any atom is 0.176 e. The zero-order valence-corrected chi connectivity index (χ0v) is 6.56. The molecule has 0 aromatic carbocycles. The van der Waals surface area contributed by atoms with Gasteiger partial charge in [-0.1, -0.05) is 13.3 Å². The van der Waals surface area contributed by atoms with Gasteiger partial charge in [-0.2, -0.15) is 0 Å². The van der Waals surface area contributed by atoms with E-state index in [1.165, 1.54) is 0 Å². The van der Waals surface area contributed by atoms with Gasteiger partial charge in [-0.3, -0.25) is 0 Å². The number of tetrazole rings is 1. The SMILES string of the molecule is CCCCn1nnnc1CO. The largest absolute Gasteiger partial charge is 0.388 e. The third kappa shape index (κ3) is 1.98. The Bertz CT molecular complexity index is 210. The Morgan fingerprint density at radius 3 is 3.00 bits per heavy atom. The first kappa shape index (κ1) is 8.13. The van der Waals surface area contributed by atoms with Crippen LogP contribution in [0.4, 0.5) is 0 Å². The molecule has 5 heteroatoms. The number of hydrogen-bond donors (Lipinski definition) is 1. The van der Waals surface area contributed by atoms with Crippen LogP contribution in [0.25, 0.3) is 0 Å². The predicted molar refractivity (Wildman–Crippen MR) is 38.6 cm³/mol. The molecule has 1 N–H and O–H groups in total. The van der Waals surface area contributed by atoms with Crippen molar-refractivity contribution in [2.45, 2.75) is 32.9 Å². The molecule has 0 amide bonds. The van der Waals surface area contributed by atoms with Crippen LogP contribution in [0.3, 0.4) is 0 Å². The Morgan fingerprint density at radius 1 is 1.55 bits per heavy atom.